The maximum atomic E-state index is 8.94. The highest BCUT2D eigenvalue weighted by molar-refractivity contribution is 6.42. The summed E-state index contributed by atoms with van der Waals surface area (Å²) in [6, 6.07) is 0. The van der Waals surface area contributed by atoms with Gasteiger partial charge < -0.3 is 10.0 Å². The average molecular weight is 256 g/mol. The van der Waals surface area contributed by atoms with Crippen molar-refractivity contribution in [2.24, 2.45) is 0 Å². The standard InChI is InChI=1S/C15H33BO2/c1-3-4-5-6-7-8-9-10-11-12-13-14-15(2)16(17)18/h15,17-18H,3-14H2,1-2H3. The summed E-state index contributed by atoms with van der Waals surface area (Å²) in [5.74, 6) is 0.0311. The molecule has 18 heavy (non-hydrogen) atoms. The van der Waals surface area contributed by atoms with E-state index in [9.17, 15) is 0 Å². The Morgan fingerprint density at radius 2 is 1.11 bits per heavy atom. The Morgan fingerprint density at radius 3 is 1.50 bits per heavy atom. The minimum atomic E-state index is -1.13. The van der Waals surface area contributed by atoms with Gasteiger partial charge in [-0.25, -0.2) is 0 Å². The minimum Gasteiger partial charge on any atom is -0.427 e. The van der Waals surface area contributed by atoms with Gasteiger partial charge >= 0.3 is 7.12 Å². The molecule has 0 aromatic rings. The highest BCUT2D eigenvalue weighted by atomic mass is 16.4. The van der Waals surface area contributed by atoms with Gasteiger partial charge in [-0.05, 0) is 5.82 Å². The van der Waals surface area contributed by atoms with Crippen LogP contribution in [-0.4, -0.2) is 17.2 Å². The topological polar surface area (TPSA) is 40.5 Å². The number of hydrogen-bond acceptors (Lipinski definition) is 2. The Kier molecular flexibility index (Phi) is 13.4. The third kappa shape index (κ3) is 12.4. The van der Waals surface area contributed by atoms with Gasteiger partial charge in [0, 0.05) is 0 Å². The van der Waals surface area contributed by atoms with Gasteiger partial charge in [-0.1, -0.05) is 90.9 Å². The second-order valence-corrected chi connectivity index (χ2v) is 5.72. The van der Waals surface area contributed by atoms with Crippen molar-refractivity contribution in [2.75, 3.05) is 0 Å². The molecule has 0 aliphatic carbocycles. The molecule has 0 aromatic carbocycles. The minimum absolute atomic E-state index is 0.0311. The maximum absolute atomic E-state index is 8.94. The maximum Gasteiger partial charge on any atom is 0.454 e. The first-order valence-electron chi connectivity index (χ1n) is 8.04. The first kappa shape index (κ1) is 18.0. The van der Waals surface area contributed by atoms with E-state index >= 15 is 0 Å². The molecule has 1 unspecified atom stereocenters. The molecular weight excluding hydrogens is 223 g/mol. The van der Waals surface area contributed by atoms with Gasteiger partial charge in [0.2, 0.25) is 0 Å². The fraction of sp³-hybridized carbons (Fsp3) is 1.00. The summed E-state index contributed by atoms with van der Waals surface area (Å²) >= 11 is 0. The van der Waals surface area contributed by atoms with Crippen molar-refractivity contribution in [3.05, 3.63) is 0 Å². The van der Waals surface area contributed by atoms with Crippen LogP contribution in [0.3, 0.4) is 0 Å². The zero-order chi connectivity index (χ0) is 13.6. The van der Waals surface area contributed by atoms with E-state index in [-0.39, 0.29) is 5.82 Å². The van der Waals surface area contributed by atoms with Crippen molar-refractivity contribution in [1.82, 2.24) is 0 Å². The van der Waals surface area contributed by atoms with E-state index in [1.165, 1.54) is 64.2 Å². The van der Waals surface area contributed by atoms with Gasteiger partial charge in [0.05, 0.1) is 0 Å². The summed E-state index contributed by atoms with van der Waals surface area (Å²) in [6.07, 6.45) is 15.7. The van der Waals surface area contributed by atoms with Crippen LogP contribution < -0.4 is 0 Å². The summed E-state index contributed by atoms with van der Waals surface area (Å²) in [4.78, 5) is 0. The molecular formula is C15H33BO2. The zero-order valence-corrected chi connectivity index (χ0v) is 12.5. The zero-order valence-electron chi connectivity index (χ0n) is 12.5. The quantitative estimate of drug-likeness (QED) is 0.375. The molecule has 2 N–H and O–H groups in total. The van der Waals surface area contributed by atoms with Crippen LogP contribution in [0.2, 0.25) is 5.82 Å². The largest absolute Gasteiger partial charge is 0.454 e. The Hall–Kier alpha value is -0.0151. The third-order valence-corrected chi connectivity index (χ3v) is 3.77. The van der Waals surface area contributed by atoms with E-state index in [1.807, 2.05) is 6.92 Å². The second-order valence-electron chi connectivity index (χ2n) is 5.72. The normalized spacial score (nSPS) is 12.7. The fourth-order valence-electron chi connectivity index (χ4n) is 2.28. The molecule has 0 rings (SSSR count). The van der Waals surface area contributed by atoms with Crippen LogP contribution in [0.25, 0.3) is 0 Å². The van der Waals surface area contributed by atoms with E-state index < -0.39 is 7.12 Å². The molecule has 3 heteroatoms. The summed E-state index contributed by atoms with van der Waals surface area (Å²) in [7, 11) is -1.13. The Bertz CT molecular complexity index is 163. The highest BCUT2D eigenvalue weighted by Crippen LogP contribution is 2.17. The molecule has 0 amide bonds. The SMILES string of the molecule is CCCCCCCCCCCCCC(C)B(O)O. The van der Waals surface area contributed by atoms with Gasteiger partial charge in [-0.2, -0.15) is 0 Å². The lowest BCUT2D eigenvalue weighted by Crippen LogP contribution is -2.17. The van der Waals surface area contributed by atoms with Gasteiger partial charge in [-0.3, -0.25) is 0 Å². The first-order valence-corrected chi connectivity index (χ1v) is 8.04. The smallest absolute Gasteiger partial charge is 0.427 e. The van der Waals surface area contributed by atoms with E-state index in [4.69, 9.17) is 10.0 Å². The van der Waals surface area contributed by atoms with Gasteiger partial charge in [0.1, 0.15) is 0 Å². The van der Waals surface area contributed by atoms with Crippen molar-refractivity contribution in [3.63, 3.8) is 0 Å². The molecule has 0 aliphatic rings. The lowest BCUT2D eigenvalue weighted by molar-refractivity contribution is 0.380. The molecule has 0 heterocycles. The molecule has 0 fully saturated rings. The van der Waals surface area contributed by atoms with E-state index in [1.54, 1.807) is 0 Å². The van der Waals surface area contributed by atoms with Crippen molar-refractivity contribution in [2.45, 2.75) is 96.7 Å². The van der Waals surface area contributed by atoms with Crippen molar-refractivity contribution < 1.29 is 10.0 Å². The molecule has 0 saturated carbocycles. The molecule has 0 radical (unpaired) electrons. The third-order valence-electron chi connectivity index (χ3n) is 3.77. The van der Waals surface area contributed by atoms with Crippen LogP contribution in [0.5, 0.6) is 0 Å². The van der Waals surface area contributed by atoms with Crippen LogP contribution in [0.1, 0.15) is 90.9 Å². The predicted octanol–water partition coefficient (Wildman–Crippen LogP) is 4.55. The number of rotatable bonds is 13. The average Bonchev–Trinajstić information content (AvgIpc) is 2.35. The van der Waals surface area contributed by atoms with Gasteiger partial charge in [0.15, 0.2) is 0 Å². The Balaban J connectivity index is 3.03. The van der Waals surface area contributed by atoms with Crippen LogP contribution in [-0.2, 0) is 0 Å². The molecule has 2 nitrogen and oxygen atoms in total. The molecule has 0 spiro atoms. The second kappa shape index (κ2) is 13.4. The highest BCUT2D eigenvalue weighted by Gasteiger charge is 2.16. The summed E-state index contributed by atoms with van der Waals surface area (Å²) in [6.45, 7) is 4.16. The Labute approximate surface area is 114 Å². The Morgan fingerprint density at radius 1 is 0.722 bits per heavy atom. The lowest BCUT2D eigenvalue weighted by Gasteiger charge is -2.08. The predicted molar refractivity (Wildman–Crippen MR) is 80.7 cm³/mol. The van der Waals surface area contributed by atoms with Crippen molar-refractivity contribution >= 4 is 7.12 Å². The van der Waals surface area contributed by atoms with Crippen LogP contribution >= 0.6 is 0 Å². The molecule has 0 bridgehead atoms. The van der Waals surface area contributed by atoms with Gasteiger partial charge in [0.25, 0.3) is 0 Å². The van der Waals surface area contributed by atoms with E-state index in [0.717, 1.165) is 12.8 Å². The lowest BCUT2D eigenvalue weighted by atomic mass is 9.71. The number of hydrogen-bond donors (Lipinski definition) is 2. The molecule has 108 valence electrons. The fourth-order valence-corrected chi connectivity index (χ4v) is 2.28. The first-order chi connectivity index (χ1) is 8.68. The number of unbranched alkanes of at least 4 members (excludes halogenated alkanes) is 10. The molecule has 0 aliphatic heterocycles. The van der Waals surface area contributed by atoms with Crippen molar-refractivity contribution in [1.29, 1.82) is 0 Å². The molecule has 0 saturated heterocycles. The van der Waals surface area contributed by atoms with E-state index in [2.05, 4.69) is 6.92 Å². The molecule has 0 aromatic heterocycles. The van der Waals surface area contributed by atoms with Crippen LogP contribution in [0.15, 0.2) is 0 Å². The molecule has 1 atom stereocenters. The monoisotopic (exact) mass is 256 g/mol. The van der Waals surface area contributed by atoms with Gasteiger partial charge in [-0.15, -0.1) is 0 Å². The van der Waals surface area contributed by atoms with Crippen LogP contribution in [0.4, 0.5) is 0 Å². The summed E-state index contributed by atoms with van der Waals surface area (Å²) in [5, 5.41) is 17.9. The van der Waals surface area contributed by atoms with Crippen molar-refractivity contribution in [3.8, 4) is 0 Å². The summed E-state index contributed by atoms with van der Waals surface area (Å²) < 4.78 is 0. The van der Waals surface area contributed by atoms with E-state index in [0.29, 0.717) is 0 Å². The summed E-state index contributed by atoms with van der Waals surface area (Å²) in [5.41, 5.74) is 0. The van der Waals surface area contributed by atoms with Crippen LogP contribution in [0, 0.1) is 0 Å².